The molecule has 0 heterocycles. The predicted octanol–water partition coefficient (Wildman–Crippen LogP) is 3.90. The monoisotopic (exact) mass is 275 g/mol. The molecule has 0 spiro atoms. The molecule has 1 aliphatic rings. The number of ether oxygens (including phenoxy) is 1. The van der Waals surface area contributed by atoms with E-state index in [1.54, 1.807) is 7.11 Å². The fourth-order valence-electron chi connectivity index (χ4n) is 3.36. The van der Waals surface area contributed by atoms with E-state index in [0.717, 1.165) is 36.5 Å². The summed E-state index contributed by atoms with van der Waals surface area (Å²) in [6, 6.07) is 8.48. The maximum absolute atomic E-state index is 5.49. The zero-order valence-corrected chi connectivity index (χ0v) is 13.2. The van der Waals surface area contributed by atoms with Gasteiger partial charge in [-0.05, 0) is 61.7 Å². The number of benzene rings is 1. The lowest BCUT2D eigenvalue weighted by atomic mass is 9.89. The van der Waals surface area contributed by atoms with Gasteiger partial charge in [0.25, 0.3) is 0 Å². The van der Waals surface area contributed by atoms with Gasteiger partial charge in [0.2, 0.25) is 0 Å². The first kappa shape index (κ1) is 15.4. The van der Waals surface area contributed by atoms with E-state index in [2.05, 4.69) is 43.4 Å². The Balaban J connectivity index is 1.90. The quantitative estimate of drug-likeness (QED) is 0.815. The van der Waals surface area contributed by atoms with Gasteiger partial charge in [-0.25, -0.2) is 0 Å². The summed E-state index contributed by atoms with van der Waals surface area (Å²) in [5, 5.41) is 3.64. The number of rotatable bonds is 7. The highest BCUT2D eigenvalue weighted by atomic mass is 16.5. The Morgan fingerprint density at radius 1 is 1.20 bits per heavy atom. The number of para-hydroxylation sites is 1. The third-order valence-electron chi connectivity index (χ3n) is 4.45. The number of hydrogen-bond acceptors (Lipinski definition) is 2. The Morgan fingerprint density at radius 2 is 1.95 bits per heavy atom. The van der Waals surface area contributed by atoms with Gasteiger partial charge in [-0.2, -0.15) is 0 Å². The molecule has 2 unspecified atom stereocenters. The molecular formula is C18H29NO. The van der Waals surface area contributed by atoms with Crippen LogP contribution < -0.4 is 10.1 Å². The van der Waals surface area contributed by atoms with Crippen molar-refractivity contribution in [3.8, 4) is 5.75 Å². The van der Waals surface area contributed by atoms with Crippen molar-refractivity contribution >= 4 is 0 Å². The molecule has 1 saturated carbocycles. The average Bonchev–Trinajstić information content (AvgIpc) is 2.86. The zero-order chi connectivity index (χ0) is 14.4. The molecule has 20 heavy (non-hydrogen) atoms. The smallest absolute Gasteiger partial charge is 0.122 e. The highest BCUT2D eigenvalue weighted by Gasteiger charge is 2.27. The second kappa shape index (κ2) is 7.68. The normalized spacial score (nSPS) is 22.4. The summed E-state index contributed by atoms with van der Waals surface area (Å²) in [6.45, 7) is 6.86. The van der Waals surface area contributed by atoms with Crippen LogP contribution in [0.4, 0.5) is 0 Å². The predicted molar refractivity (Wildman–Crippen MR) is 85.2 cm³/mol. The van der Waals surface area contributed by atoms with Gasteiger partial charge < -0.3 is 10.1 Å². The Bertz CT molecular complexity index is 402. The van der Waals surface area contributed by atoms with E-state index in [1.165, 1.54) is 31.4 Å². The summed E-state index contributed by atoms with van der Waals surface area (Å²) in [7, 11) is 1.77. The Morgan fingerprint density at radius 3 is 2.70 bits per heavy atom. The first-order valence-corrected chi connectivity index (χ1v) is 8.03. The van der Waals surface area contributed by atoms with Crippen LogP contribution in [-0.2, 0) is 6.42 Å². The van der Waals surface area contributed by atoms with E-state index in [4.69, 9.17) is 4.74 Å². The van der Waals surface area contributed by atoms with Gasteiger partial charge in [-0.1, -0.05) is 38.5 Å². The molecule has 0 aliphatic heterocycles. The standard InChI is InChI=1S/C18H29NO/c1-14(2)12-19-13-17-9-6-8-15(17)11-16-7-4-5-10-18(16)20-3/h4-5,7,10,14-15,17,19H,6,8-9,11-13H2,1-3H3. The average molecular weight is 275 g/mol. The van der Waals surface area contributed by atoms with Crippen molar-refractivity contribution < 1.29 is 4.74 Å². The lowest BCUT2D eigenvalue weighted by Crippen LogP contribution is -2.29. The van der Waals surface area contributed by atoms with Gasteiger partial charge in [-0.15, -0.1) is 0 Å². The lowest BCUT2D eigenvalue weighted by Gasteiger charge is -2.21. The van der Waals surface area contributed by atoms with E-state index < -0.39 is 0 Å². The fraction of sp³-hybridized carbons (Fsp3) is 0.667. The Hall–Kier alpha value is -1.02. The molecule has 1 aromatic carbocycles. The van der Waals surface area contributed by atoms with Gasteiger partial charge >= 0.3 is 0 Å². The summed E-state index contributed by atoms with van der Waals surface area (Å²) in [5.41, 5.74) is 1.37. The molecule has 1 aliphatic carbocycles. The molecule has 1 aromatic rings. The van der Waals surface area contributed by atoms with Crippen molar-refractivity contribution in [2.75, 3.05) is 20.2 Å². The zero-order valence-electron chi connectivity index (χ0n) is 13.2. The van der Waals surface area contributed by atoms with Crippen LogP contribution in [0.25, 0.3) is 0 Å². The third-order valence-corrected chi connectivity index (χ3v) is 4.45. The molecule has 0 bridgehead atoms. The molecule has 0 radical (unpaired) electrons. The molecule has 1 fully saturated rings. The van der Waals surface area contributed by atoms with Crippen molar-refractivity contribution in [1.29, 1.82) is 0 Å². The second-order valence-corrected chi connectivity index (χ2v) is 6.52. The van der Waals surface area contributed by atoms with Gasteiger partial charge in [0.05, 0.1) is 7.11 Å². The molecule has 112 valence electrons. The van der Waals surface area contributed by atoms with Crippen LogP contribution in [-0.4, -0.2) is 20.2 Å². The highest BCUT2D eigenvalue weighted by molar-refractivity contribution is 5.33. The van der Waals surface area contributed by atoms with Gasteiger partial charge in [-0.3, -0.25) is 0 Å². The van der Waals surface area contributed by atoms with E-state index in [9.17, 15) is 0 Å². The molecular weight excluding hydrogens is 246 g/mol. The maximum Gasteiger partial charge on any atom is 0.122 e. The van der Waals surface area contributed by atoms with Gasteiger partial charge in [0, 0.05) is 0 Å². The summed E-state index contributed by atoms with van der Waals surface area (Å²) >= 11 is 0. The maximum atomic E-state index is 5.49. The summed E-state index contributed by atoms with van der Waals surface area (Å²) in [4.78, 5) is 0. The SMILES string of the molecule is COc1ccccc1CC1CCCC1CNCC(C)C. The molecule has 0 saturated heterocycles. The fourth-order valence-corrected chi connectivity index (χ4v) is 3.36. The largest absolute Gasteiger partial charge is 0.496 e. The van der Waals surface area contributed by atoms with Gasteiger partial charge in [0.1, 0.15) is 5.75 Å². The molecule has 2 atom stereocenters. The Labute approximate surface area is 123 Å². The van der Waals surface area contributed by atoms with Crippen molar-refractivity contribution in [2.45, 2.75) is 39.5 Å². The molecule has 0 amide bonds. The molecule has 2 nitrogen and oxygen atoms in total. The highest BCUT2D eigenvalue weighted by Crippen LogP contribution is 2.35. The van der Waals surface area contributed by atoms with E-state index >= 15 is 0 Å². The van der Waals surface area contributed by atoms with Gasteiger partial charge in [0.15, 0.2) is 0 Å². The Kier molecular flexibility index (Phi) is 5.90. The van der Waals surface area contributed by atoms with Crippen molar-refractivity contribution in [1.82, 2.24) is 5.32 Å². The minimum Gasteiger partial charge on any atom is -0.496 e. The van der Waals surface area contributed by atoms with Crippen LogP contribution in [0.15, 0.2) is 24.3 Å². The van der Waals surface area contributed by atoms with E-state index in [0.29, 0.717) is 0 Å². The number of nitrogens with one attached hydrogen (secondary N) is 1. The topological polar surface area (TPSA) is 21.3 Å². The van der Waals surface area contributed by atoms with Crippen molar-refractivity contribution in [2.24, 2.45) is 17.8 Å². The van der Waals surface area contributed by atoms with Crippen LogP contribution in [0.2, 0.25) is 0 Å². The molecule has 2 heteroatoms. The van der Waals surface area contributed by atoms with Crippen LogP contribution in [0.1, 0.15) is 38.7 Å². The van der Waals surface area contributed by atoms with Crippen LogP contribution in [0.5, 0.6) is 5.75 Å². The molecule has 1 N–H and O–H groups in total. The van der Waals surface area contributed by atoms with Crippen LogP contribution in [0.3, 0.4) is 0 Å². The lowest BCUT2D eigenvalue weighted by molar-refractivity contribution is 0.349. The van der Waals surface area contributed by atoms with Crippen molar-refractivity contribution in [3.05, 3.63) is 29.8 Å². The second-order valence-electron chi connectivity index (χ2n) is 6.52. The number of methoxy groups -OCH3 is 1. The van der Waals surface area contributed by atoms with Crippen LogP contribution >= 0.6 is 0 Å². The first-order valence-electron chi connectivity index (χ1n) is 8.03. The minimum atomic E-state index is 0.740. The third kappa shape index (κ3) is 4.24. The molecule has 2 rings (SSSR count). The van der Waals surface area contributed by atoms with Crippen LogP contribution in [0, 0.1) is 17.8 Å². The van der Waals surface area contributed by atoms with Crippen molar-refractivity contribution in [3.63, 3.8) is 0 Å². The van der Waals surface area contributed by atoms with E-state index in [-0.39, 0.29) is 0 Å². The number of hydrogen-bond donors (Lipinski definition) is 1. The minimum absolute atomic E-state index is 0.740. The molecule has 0 aromatic heterocycles. The van der Waals surface area contributed by atoms with E-state index in [1.807, 2.05) is 0 Å². The first-order chi connectivity index (χ1) is 9.70. The summed E-state index contributed by atoms with van der Waals surface area (Å²) < 4.78 is 5.49. The summed E-state index contributed by atoms with van der Waals surface area (Å²) in [5.74, 6) is 3.43. The summed E-state index contributed by atoms with van der Waals surface area (Å²) in [6.07, 6.45) is 5.29.